The maximum absolute atomic E-state index is 6.92. The van der Waals surface area contributed by atoms with Crippen LogP contribution >= 0.6 is 11.6 Å². The van der Waals surface area contributed by atoms with Crippen LogP contribution in [0.1, 0.15) is 0 Å². The van der Waals surface area contributed by atoms with Gasteiger partial charge in [-0.25, -0.2) is 0 Å². The van der Waals surface area contributed by atoms with Gasteiger partial charge in [0.15, 0.2) is 5.96 Å². The fraction of sp³-hybridized carbons (Fsp3) is 0. The normalized spacial score (nSPS) is 9.18. The summed E-state index contributed by atoms with van der Waals surface area (Å²) in [5.74, 6) is -0.104. The Hall–Kier alpha value is -1.22. The summed E-state index contributed by atoms with van der Waals surface area (Å²) in [4.78, 5) is 0. The minimum absolute atomic E-state index is 0.104. The zero-order valence-corrected chi connectivity index (χ0v) is 6.44. The van der Waals surface area contributed by atoms with Gasteiger partial charge in [0.25, 0.3) is 0 Å². The summed E-state index contributed by atoms with van der Waals surface area (Å²) < 4.78 is 0. The number of anilines is 1. The van der Waals surface area contributed by atoms with Gasteiger partial charge < -0.3 is 11.1 Å². The van der Waals surface area contributed by atoms with E-state index in [2.05, 4.69) is 11.4 Å². The van der Waals surface area contributed by atoms with Crippen molar-refractivity contribution < 1.29 is 0 Å². The van der Waals surface area contributed by atoms with E-state index in [1.165, 1.54) is 0 Å². The smallest absolute Gasteiger partial charge is 0.190 e. The van der Waals surface area contributed by atoms with Gasteiger partial charge >= 0.3 is 0 Å². The van der Waals surface area contributed by atoms with Gasteiger partial charge in [0.1, 0.15) is 0 Å². The average Bonchev–Trinajstić information content (AvgIpc) is 1.85. The predicted octanol–water partition coefficient (Wildman–Crippen LogP) is 1.45. The molecule has 0 unspecified atom stereocenters. The quantitative estimate of drug-likeness (QED) is 0.439. The van der Waals surface area contributed by atoms with E-state index in [0.717, 1.165) is 0 Å². The number of guanidine groups is 1. The number of nitrogens with two attached hydrogens (primary N) is 1. The van der Waals surface area contributed by atoms with E-state index in [-0.39, 0.29) is 5.96 Å². The molecule has 3 nitrogen and oxygen atoms in total. The van der Waals surface area contributed by atoms with Crippen LogP contribution in [-0.4, -0.2) is 5.96 Å². The second-order valence-electron chi connectivity index (χ2n) is 1.96. The Kier molecular flexibility index (Phi) is 2.33. The summed E-state index contributed by atoms with van der Waals surface area (Å²) >= 11 is 5.62. The van der Waals surface area contributed by atoms with Crippen LogP contribution in [0, 0.1) is 11.5 Å². The van der Waals surface area contributed by atoms with Crippen LogP contribution in [0.2, 0.25) is 5.02 Å². The van der Waals surface area contributed by atoms with Crippen LogP contribution in [0.15, 0.2) is 18.2 Å². The lowest BCUT2D eigenvalue weighted by atomic mass is 10.3. The summed E-state index contributed by atoms with van der Waals surface area (Å²) in [6, 6.07) is 7.79. The van der Waals surface area contributed by atoms with Gasteiger partial charge in [0, 0.05) is 11.8 Å². The Morgan fingerprint density at radius 1 is 1.73 bits per heavy atom. The van der Waals surface area contributed by atoms with Crippen LogP contribution in [-0.2, 0) is 0 Å². The van der Waals surface area contributed by atoms with Crippen molar-refractivity contribution in [2.45, 2.75) is 0 Å². The average molecular weight is 169 g/mol. The Bertz CT molecular complexity index is 272. The number of hydrogen-bond acceptors (Lipinski definition) is 1. The topological polar surface area (TPSA) is 61.9 Å². The number of nitrogens with one attached hydrogen (secondary N) is 2. The second-order valence-corrected chi connectivity index (χ2v) is 2.37. The molecule has 4 N–H and O–H groups in total. The lowest BCUT2D eigenvalue weighted by molar-refractivity contribution is 1.41. The maximum Gasteiger partial charge on any atom is 0.190 e. The van der Waals surface area contributed by atoms with Crippen molar-refractivity contribution in [3.63, 3.8) is 0 Å². The molecular formula is C7H7ClN3. The lowest BCUT2D eigenvalue weighted by Crippen LogP contribution is -2.20. The first kappa shape index (κ1) is 7.88. The monoisotopic (exact) mass is 168 g/mol. The highest BCUT2D eigenvalue weighted by Crippen LogP contribution is 2.13. The van der Waals surface area contributed by atoms with E-state index < -0.39 is 0 Å². The van der Waals surface area contributed by atoms with Gasteiger partial charge in [-0.15, -0.1) is 0 Å². The van der Waals surface area contributed by atoms with Crippen molar-refractivity contribution in [3.05, 3.63) is 29.3 Å². The number of hydrogen-bond donors (Lipinski definition) is 3. The largest absolute Gasteiger partial charge is 0.370 e. The molecule has 0 heterocycles. The molecule has 1 radical (unpaired) electrons. The van der Waals surface area contributed by atoms with E-state index in [0.29, 0.717) is 10.7 Å². The van der Waals surface area contributed by atoms with Crippen molar-refractivity contribution in [3.8, 4) is 0 Å². The van der Waals surface area contributed by atoms with Gasteiger partial charge in [-0.3, -0.25) is 5.41 Å². The summed E-state index contributed by atoms with van der Waals surface area (Å²) in [6.45, 7) is 0. The molecule has 0 aliphatic rings. The zero-order valence-electron chi connectivity index (χ0n) is 5.69. The van der Waals surface area contributed by atoms with E-state index in [4.69, 9.17) is 22.7 Å². The highest BCUT2D eigenvalue weighted by molar-refractivity contribution is 6.30. The molecule has 0 fully saturated rings. The van der Waals surface area contributed by atoms with Crippen molar-refractivity contribution in [2.24, 2.45) is 5.73 Å². The summed E-state index contributed by atoms with van der Waals surface area (Å²) in [6.07, 6.45) is 0. The Morgan fingerprint density at radius 2 is 2.45 bits per heavy atom. The molecule has 0 bridgehead atoms. The van der Waals surface area contributed by atoms with Crippen LogP contribution in [0.25, 0.3) is 0 Å². The molecule has 0 saturated carbocycles. The maximum atomic E-state index is 6.92. The number of rotatable bonds is 1. The van der Waals surface area contributed by atoms with Gasteiger partial charge in [-0.2, -0.15) is 0 Å². The highest BCUT2D eigenvalue weighted by atomic mass is 35.5. The molecule has 4 heteroatoms. The van der Waals surface area contributed by atoms with Crippen molar-refractivity contribution in [1.82, 2.24) is 0 Å². The summed E-state index contributed by atoms with van der Waals surface area (Å²) in [5, 5.41) is 10.0. The molecule has 0 aliphatic carbocycles. The van der Waals surface area contributed by atoms with Crippen molar-refractivity contribution in [2.75, 3.05) is 5.32 Å². The molecule has 0 aliphatic heterocycles. The number of halogens is 1. The van der Waals surface area contributed by atoms with E-state index >= 15 is 0 Å². The number of benzene rings is 1. The third-order valence-electron chi connectivity index (χ3n) is 1.05. The molecule has 11 heavy (non-hydrogen) atoms. The summed E-state index contributed by atoms with van der Waals surface area (Å²) in [5.41, 5.74) is 5.79. The van der Waals surface area contributed by atoms with Gasteiger partial charge in [0.05, 0.1) is 5.02 Å². The zero-order chi connectivity index (χ0) is 8.27. The summed E-state index contributed by atoms with van der Waals surface area (Å²) in [7, 11) is 0. The third-order valence-corrected chi connectivity index (χ3v) is 1.26. The Labute approximate surface area is 69.7 Å². The molecule has 1 aromatic rings. The van der Waals surface area contributed by atoms with Crippen LogP contribution in [0.3, 0.4) is 0 Å². The molecule has 0 atom stereocenters. The fourth-order valence-electron chi connectivity index (χ4n) is 0.671. The van der Waals surface area contributed by atoms with Crippen LogP contribution < -0.4 is 11.1 Å². The molecule has 1 rings (SSSR count). The predicted molar refractivity (Wildman–Crippen MR) is 45.8 cm³/mol. The van der Waals surface area contributed by atoms with Gasteiger partial charge in [-0.05, 0) is 12.1 Å². The standard InChI is InChI=1S/C7H7ClN3/c8-5-2-1-3-6(4-5)11-7(9)10/h1,3-4H,(H4,9,10,11). The molecule has 1 aromatic carbocycles. The van der Waals surface area contributed by atoms with E-state index in [9.17, 15) is 0 Å². The SMILES string of the molecule is N=C(N)Nc1cc[c]c(Cl)c1. The minimum Gasteiger partial charge on any atom is -0.370 e. The van der Waals surface area contributed by atoms with Crippen LogP contribution in [0.4, 0.5) is 5.69 Å². The van der Waals surface area contributed by atoms with Crippen molar-refractivity contribution >= 4 is 23.2 Å². The van der Waals surface area contributed by atoms with Gasteiger partial charge in [-0.1, -0.05) is 17.7 Å². The first-order chi connectivity index (χ1) is 5.18. The molecular weight excluding hydrogens is 162 g/mol. The second kappa shape index (κ2) is 3.25. The fourth-order valence-corrected chi connectivity index (χ4v) is 0.851. The van der Waals surface area contributed by atoms with Gasteiger partial charge in [0.2, 0.25) is 0 Å². The molecule has 0 spiro atoms. The molecule has 0 saturated heterocycles. The third kappa shape index (κ3) is 2.47. The Morgan fingerprint density at radius 3 is 3.00 bits per heavy atom. The minimum atomic E-state index is -0.104. The lowest BCUT2D eigenvalue weighted by Gasteiger charge is -2.01. The first-order valence-corrected chi connectivity index (χ1v) is 3.34. The van der Waals surface area contributed by atoms with Crippen LogP contribution in [0.5, 0.6) is 0 Å². The molecule has 0 aromatic heterocycles. The molecule has 0 amide bonds. The van der Waals surface area contributed by atoms with Crippen molar-refractivity contribution in [1.29, 1.82) is 5.41 Å². The highest BCUT2D eigenvalue weighted by Gasteiger charge is 1.92. The molecule has 57 valence electrons. The van der Waals surface area contributed by atoms with E-state index in [1.54, 1.807) is 18.2 Å². The Balaban J connectivity index is 2.79. The first-order valence-electron chi connectivity index (χ1n) is 2.97. The van der Waals surface area contributed by atoms with E-state index in [1.807, 2.05) is 0 Å².